The topological polar surface area (TPSA) is 56.5 Å². The van der Waals surface area contributed by atoms with Gasteiger partial charge in [0, 0.05) is 12.3 Å². The van der Waals surface area contributed by atoms with Gasteiger partial charge in [0.2, 0.25) is 0 Å². The van der Waals surface area contributed by atoms with Crippen molar-refractivity contribution in [3.05, 3.63) is 35.8 Å². The van der Waals surface area contributed by atoms with Crippen molar-refractivity contribution in [3.63, 3.8) is 0 Å². The van der Waals surface area contributed by atoms with Crippen LogP contribution in [-0.4, -0.2) is 17.9 Å². The average molecular weight is 314 g/mol. The smallest absolute Gasteiger partial charge is 0.309 e. The van der Waals surface area contributed by atoms with Gasteiger partial charge in [-0.15, -0.1) is 0 Å². The van der Waals surface area contributed by atoms with E-state index in [1.165, 1.54) is 18.1 Å². The van der Waals surface area contributed by atoms with Gasteiger partial charge in [0.1, 0.15) is 12.4 Å². The first-order chi connectivity index (χ1) is 11.0. The third-order valence-corrected chi connectivity index (χ3v) is 6.34. The Morgan fingerprint density at radius 2 is 2.26 bits per heavy atom. The van der Waals surface area contributed by atoms with Crippen molar-refractivity contribution in [1.29, 1.82) is 0 Å². The zero-order chi connectivity index (χ0) is 16.2. The first kappa shape index (κ1) is 14.7. The van der Waals surface area contributed by atoms with Crippen LogP contribution in [-0.2, 0) is 9.53 Å². The Balaban J connectivity index is 1.68. The lowest BCUT2D eigenvalue weighted by Crippen LogP contribution is -2.48. The molecule has 0 aromatic carbocycles. The SMILES string of the molecule is CC1=C[C@H]2OC(=O)C3CCC[C@@](C)(C32)[C@H]1CC(=O)c1ccoc1. The van der Waals surface area contributed by atoms with Gasteiger partial charge in [-0.3, -0.25) is 9.59 Å². The standard InChI is InChI=1S/C19H22O4/c1-11-8-16-17-13(18(21)23-16)4-3-6-19(17,2)14(11)9-15(20)12-5-7-22-10-12/h5,7-8,10,13-14,16-17H,3-4,6,9H2,1-2H3/t13?,14-,16+,17?,19+/m0/s1. The minimum atomic E-state index is -0.0990. The molecule has 5 atom stereocenters. The largest absolute Gasteiger partial charge is 0.472 e. The Labute approximate surface area is 135 Å². The van der Waals surface area contributed by atoms with E-state index in [4.69, 9.17) is 9.15 Å². The van der Waals surface area contributed by atoms with Crippen LogP contribution in [0.4, 0.5) is 0 Å². The monoisotopic (exact) mass is 314 g/mol. The number of ether oxygens (including phenoxy) is 1. The number of ketones is 1. The maximum atomic E-state index is 12.6. The van der Waals surface area contributed by atoms with E-state index in [9.17, 15) is 9.59 Å². The van der Waals surface area contributed by atoms with Crippen LogP contribution in [0.1, 0.15) is 49.9 Å². The van der Waals surface area contributed by atoms with Crippen molar-refractivity contribution < 1.29 is 18.7 Å². The number of hydrogen-bond acceptors (Lipinski definition) is 4. The molecule has 1 saturated carbocycles. The Morgan fingerprint density at radius 3 is 3.00 bits per heavy atom. The fourth-order valence-electron chi connectivity index (χ4n) is 5.23. The molecule has 0 bridgehead atoms. The summed E-state index contributed by atoms with van der Waals surface area (Å²) in [5.74, 6) is 0.466. The molecule has 2 fully saturated rings. The van der Waals surface area contributed by atoms with Gasteiger partial charge in [0.05, 0.1) is 17.7 Å². The molecule has 2 unspecified atom stereocenters. The van der Waals surface area contributed by atoms with E-state index < -0.39 is 0 Å². The van der Waals surface area contributed by atoms with Crippen LogP contribution in [0.5, 0.6) is 0 Å². The van der Waals surface area contributed by atoms with E-state index in [1.807, 2.05) is 0 Å². The van der Waals surface area contributed by atoms with E-state index in [2.05, 4.69) is 19.9 Å². The number of allylic oxidation sites excluding steroid dienone is 1. The highest BCUT2D eigenvalue weighted by atomic mass is 16.6. The molecular weight excluding hydrogens is 292 g/mol. The zero-order valence-electron chi connectivity index (χ0n) is 13.6. The number of carbonyl (C=O) groups is 2. The molecule has 23 heavy (non-hydrogen) atoms. The second-order valence-corrected chi connectivity index (χ2v) is 7.53. The number of furan rings is 1. The second kappa shape index (κ2) is 5.08. The van der Waals surface area contributed by atoms with E-state index in [1.54, 1.807) is 6.07 Å². The number of esters is 1. The van der Waals surface area contributed by atoms with Crippen LogP contribution in [0.3, 0.4) is 0 Å². The Morgan fingerprint density at radius 1 is 1.43 bits per heavy atom. The molecule has 4 rings (SSSR count). The van der Waals surface area contributed by atoms with Gasteiger partial charge in [0.15, 0.2) is 5.78 Å². The summed E-state index contributed by atoms with van der Waals surface area (Å²) < 4.78 is 10.7. The molecule has 0 amide bonds. The Hall–Kier alpha value is -1.84. The van der Waals surface area contributed by atoms with Crippen LogP contribution in [0.15, 0.2) is 34.7 Å². The molecule has 2 heterocycles. The fraction of sp³-hybridized carbons (Fsp3) is 0.579. The summed E-state index contributed by atoms with van der Waals surface area (Å²) in [6.07, 6.45) is 8.52. The van der Waals surface area contributed by atoms with Crippen LogP contribution >= 0.6 is 0 Å². The van der Waals surface area contributed by atoms with E-state index in [0.29, 0.717) is 12.0 Å². The van der Waals surface area contributed by atoms with Gasteiger partial charge in [0.25, 0.3) is 0 Å². The van der Waals surface area contributed by atoms with Crippen molar-refractivity contribution in [3.8, 4) is 0 Å². The zero-order valence-corrected chi connectivity index (χ0v) is 13.6. The molecule has 1 aromatic heterocycles. The predicted octanol–water partition coefficient (Wildman–Crippen LogP) is 3.78. The Bertz CT molecular complexity index is 672. The van der Waals surface area contributed by atoms with E-state index in [-0.39, 0.29) is 41.0 Å². The maximum absolute atomic E-state index is 12.6. The lowest BCUT2D eigenvalue weighted by atomic mass is 9.52. The molecule has 3 aliphatic rings. The van der Waals surface area contributed by atoms with Crippen LogP contribution in [0.2, 0.25) is 0 Å². The first-order valence-corrected chi connectivity index (χ1v) is 8.45. The third kappa shape index (κ3) is 2.11. The van der Waals surface area contributed by atoms with Crippen molar-refractivity contribution in [2.24, 2.45) is 23.2 Å². The predicted molar refractivity (Wildman–Crippen MR) is 83.7 cm³/mol. The molecule has 1 aromatic rings. The molecule has 122 valence electrons. The summed E-state index contributed by atoms with van der Waals surface area (Å²) in [5.41, 5.74) is 1.77. The van der Waals surface area contributed by atoms with Crippen molar-refractivity contribution in [2.45, 2.75) is 45.6 Å². The lowest BCUT2D eigenvalue weighted by Gasteiger charge is -2.51. The molecule has 1 saturated heterocycles. The van der Waals surface area contributed by atoms with Crippen LogP contribution in [0, 0.1) is 23.2 Å². The quantitative estimate of drug-likeness (QED) is 0.484. The van der Waals surface area contributed by atoms with Gasteiger partial charge in [-0.2, -0.15) is 0 Å². The maximum Gasteiger partial charge on any atom is 0.309 e. The molecule has 4 nitrogen and oxygen atoms in total. The highest BCUT2D eigenvalue weighted by Crippen LogP contribution is 2.59. The van der Waals surface area contributed by atoms with Crippen molar-refractivity contribution >= 4 is 11.8 Å². The number of carbonyl (C=O) groups excluding carboxylic acids is 2. The average Bonchev–Trinajstić information content (AvgIpc) is 3.13. The summed E-state index contributed by atoms with van der Waals surface area (Å²) in [4.78, 5) is 24.8. The van der Waals surface area contributed by atoms with Gasteiger partial charge in [-0.05, 0) is 43.2 Å². The van der Waals surface area contributed by atoms with Crippen molar-refractivity contribution in [2.75, 3.05) is 0 Å². The van der Waals surface area contributed by atoms with E-state index in [0.717, 1.165) is 19.3 Å². The molecular formula is C19H22O4. The third-order valence-electron chi connectivity index (χ3n) is 6.34. The fourth-order valence-corrected chi connectivity index (χ4v) is 5.23. The molecule has 0 spiro atoms. The molecule has 2 aliphatic carbocycles. The highest BCUT2D eigenvalue weighted by Gasteiger charge is 2.59. The molecule has 1 aliphatic heterocycles. The normalized spacial score (nSPS) is 38.7. The molecule has 4 heteroatoms. The number of Topliss-reactive ketones (excluding diaryl/α,β-unsaturated/α-hetero) is 1. The van der Waals surface area contributed by atoms with Gasteiger partial charge in [-0.25, -0.2) is 0 Å². The molecule has 0 N–H and O–H groups in total. The molecule has 0 radical (unpaired) electrons. The van der Waals surface area contributed by atoms with Crippen LogP contribution in [0.25, 0.3) is 0 Å². The Kier molecular flexibility index (Phi) is 3.26. The number of rotatable bonds is 3. The minimum absolute atomic E-state index is 0.00891. The number of hydrogen-bond donors (Lipinski definition) is 0. The highest BCUT2D eigenvalue weighted by molar-refractivity contribution is 5.96. The van der Waals surface area contributed by atoms with Crippen LogP contribution < -0.4 is 0 Å². The van der Waals surface area contributed by atoms with Crippen molar-refractivity contribution in [1.82, 2.24) is 0 Å². The summed E-state index contributed by atoms with van der Waals surface area (Å²) in [5, 5.41) is 0. The first-order valence-electron chi connectivity index (χ1n) is 8.45. The lowest BCUT2D eigenvalue weighted by molar-refractivity contribution is -0.143. The summed E-state index contributed by atoms with van der Waals surface area (Å²) in [6, 6.07) is 1.72. The van der Waals surface area contributed by atoms with Gasteiger partial charge < -0.3 is 9.15 Å². The van der Waals surface area contributed by atoms with Gasteiger partial charge in [-0.1, -0.05) is 18.9 Å². The van der Waals surface area contributed by atoms with E-state index >= 15 is 0 Å². The summed E-state index contributed by atoms with van der Waals surface area (Å²) in [6.45, 7) is 4.33. The summed E-state index contributed by atoms with van der Waals surface area (Å²) >= 11 is 0. The second-order valence-electron chi connectivity index (χ2n) is 7.53. The summed E-state index contributed by atoms with van der Waals surface area (Å²) in [7, 11) is 0. The van der Waals surface area contributed by atoms with Gasteiger partial charge >= 0.3 is 5.97 Å². The minimum Gasteiger partial charge on any atom is -0.472 e.